The minimum atomic E-state index is -0.373. The first-order valence-electron chi connectivity index (χ1n) is 9.55. The number of aryl methyl sites for hydroxylation is 1. The van der Waals surface area contributed by atoms with Crippen LogP contribution in [0.2, 0.25) is 0 Å². The summed E-state index contributed by atoms with van der Waals surface area (Å²) in [7, 11) is 0. The minimum Gasteiger partial charge on any atom is -0.361 e. The van der Waals surface area contributed by atoms with Gasteiger partial charge in [-0.05, 0) is 18.6 Å². The van der Waals surface area contributed by atoms with E-state index in [1.54, 1.807) is 6.20 Å². The second-order valence-corrected chi connectivity index (χ2v) is 7.28. The van der Waals surface area contributed by atoms with Crippen LogP contribution in [0.3, 0.4) is 0 Å². The number of nitrogens with zero attached hydrogens (tertiary/aromatic N) is 1. The Morgan fingerprint density at radius 3 is 2.45 bits per heavy atom. The summed E-state index contributed by atoms with van der Waals surface area (Å²) in [5.74, 6) is -0.745. The van der Waals surface area contributed by atoms with Gasteiger partial charge in [0.1, 0.15) is 0 Å². The Labute approximate surface area is 167 Å². The van der Waals surface area contributed by atoms with E-state index in [0.717, 1.165) is 38.5 Å². The Kier molecular flexibility index (Phi) is 3.89. The number of nitrogens with two attached hydrogens (primary N) is 1. The molecule has 0 saturated carbocycles. The average molecular weight is 384 g/mol. The highest BCUT2D eigenvalue weighted by molar-refractivity contribution is 6.50. The van der Waals surface area contributed by atoms with Crippen molar-refractivity contribution in [1.82, 2.24) is 14.9 Å². The molecule has 4 aromatic rings. The highest BCUT2D eigenvalue weighted by Crippen LogP contribution is 2.38. The fourth-order valence-electron chi connectivity index (χ4n) is 4.31. The minimum absolute atomic E-state index is 0.372. The molecule has 2 aromatic carbocycles. The first-order valence-corrected chi connectivity index (χ1v) is 9.55. The number of aromatic amines is 1. The number of hydrogen-bond donors (Lipinski definition) is 3. The van der Waals surface area contributed by atoms with Crippen molar-refractivity contribution in [3.05, 3.63) is 71.5 Å². The molecule has 4 N–H and O–H groups in total. The number of amides is 2. The largest absolute Gasteiger partial charge is 0.361 e. The third-order valence-corrected chi connectivity index (χ3v) is 5.53. The maximum atomic E-state index is 12.9. The first-order chi connectivity index (χ1) is 14.1. The third-order valence-electron chi connectivity index (χ3n) is 5.53. The van der Waals surface area contributed by atoms with Gasteiger partial charge in [0.2, 0.25) is 0 Å². The molecule has 0 radical (unpaired) electrons. The van der Waals surface area contributed by atoms with E-state index in [2.05, 4.69) is 14.9 Å². The van der Waals surface area contributed by atoms with E-state index in [1.807, 2.05) is 55.6 Å². The van der Waals surface area contributed by atoms with Crippen LogP contribution in [0.4, 0.5) is 0 Å². The summed E-state index contributed by atoms with van der Waals surface area (Å²) < 4.78 is 2.07. The molecular formula is C23H20N4O2. The van der Waals surface area contributed by atoms with Crippen molar-refractivity contribution in [2.45, 2.75) is 13.5 Å². The van der Waals surface area contributed by atoms with Gasteiger partial charge in [0.15, 0.2) is 0 Å². The molecule has 0 unspecified atom stereocenters. The monoisotopic (exact) mass is 384 g/mol. The standard InChI is InChI=1S/C23H20N4O2/c1-13-5-4-7-15-17(12-27(10-9-24)21(13)15)20-19(22(28)26-23(20)29)16-11-25-18-8-3-2-6-14(16)18/h2-8,11-12,25H,9-10,24H2,1H3,(H,26,28,29). The summed E-state index contributed by atoms with van der Waals surface area (Å²) in [5.41, 5.74) is 11.2. The predicted molar refractivity (Wildman–Crippen MR) is 114 cm³/mol. The Balaban J connectivity index is 1.85. The molecule has 6 heteroatoms. The van der Waals surface area contributed by atoms with Gasteiger partial charge in [-0.2, -0.15) is 0 Å². The van der Waals surface area contributed by atoms with Gasteiger partial charge in [0.05, 0.1) is 16.7 Å². The van der Waals surface area contributed by atoms with E-state index in [4.69, 9.17) is 5.73 Å². The van der Waals surface area contributed by atoms with Gasteiger partial charge in [-0.3, -0.25) is 14.9 Å². The molecule has 2 amide bonds. The summed E-state index contributed by atoms with van der Waals surface area (Å²) >= 11 is 0. The fourth-order valence-corrected chi connectivity index (χ4v) is 4.31. The number of carbonyl (C=O) groups is 2. The molecule has 1 aliphatic heterocycles. The summed E-state index contributed by atoms with van der Waals surface area (Å²) in [6, 6.07) is 13.7. The highest BCUT2D eigenvalue weighted by Gasteiger charge is 2.35. The zero-order chi connectivity index (χ0) is 20.1. The summed E-state index contributed by atoms with van der Waals surface area (Å²) in [5, 5.41) is 4.34. The fraction of sp³-hybridized carbons (Fsp3) is 0.130. The van der Waals surface area contributed by atoms with Crippen molar-refractivity contribution in [3.63, 3.8) is 0 Å². The molecule has 5 rings (SSSR count). The quantitative estimate of drug-likeness (QED) is 0.472. The van der Waals surface area contributed by atoms with Gasteiger partial charge < -0.3 is 15.3 Å². The van der Waals surface area contributed by atoms with Gasteiger partial charge in [-0.25, -0.2) is 0 Å². The van der Waals surface area contributed by atoms with E-state index in [9.17, 15) is 9.59 Å². The number of nitrogens with one attached hydrogen (secondary N) is 2. The van der Waals surface area contributed by atoms with Crippen LogP contribution in [0.25, 0.3) is 33.0 Å². The van der Waals surface area contributed by atoms with Gasteiger partial charge in [-0.1, -0.05) is 36.4 Å². The van der Waals surface area contributed by atoms with E-state index in [1.165, 1.54) is 0 Å². The van der Waals surface area contributed by atoms with Crippen LogP contribution in [-0.4, -0.2) is 27.9 Å². The molecule has 144 valence electrons. The van der Waals surface area contributed by atoms with Crippen molar-refractivity contribution >= 4 is 44.8 Å². The van der Waals surface area contributed by atoms with E-state index in [0.29, 0.717) is 24.2 Å². The van der Waals surface area contributed by atoms with Crippen LogP contribution in [0, 0.1) is 6.92 Å². The lowest BCUT2D eigenvalue weighted by molar-refractivity contribution is -0.122. The molecule has 0 spiro atoms. The van der Waals surface area contributed by atoms with E-state index in [-0.39, 0.29) is 11.8 Å². The Morgan fingerprint density at radius 2 is 1.66 bits per heavy atom. The molecule has 29 heavy (non-hydrogen) atoms. The number of hydrogen-bond acceptors (Lipinski definition) is 3. The molecule has 6 nitrogen and oxygen atoms in total. The van der Waals surface area contributed by atoms with Crippen molar-refractivity contribution in [2.24, 2.45) is 5.73 Å². The third kappa shape index (κ3) is 2.53. The maximum Gasteiger partial charge on any atom is 0.259 e. The Morgan fingerprint density at radius 1 is 0.931 bits per heavy atom. The predicted octanol–water partition coefficient (Wildman–Crippen LogP) is 2.96. The highest BCUT2D eigenvalue weighted by atomic mass is 16.2. The molecule has 0 aliphatic carbocycles. The van der Waals surface area contributed by atoms with Crippen molar-refractivity contribution in [1.29, 1.82) is 0 Å². The number of rotatable bonds is 4. The van der Waals surface area contributed by atoms with E-state index < -0.39 is 0 Å². The number of para-hydroxylation sites is 2. The summed E-state index contributed by atoms with van der Waals surface area (Å²) in [6.07, 6.45) is 3.73. The molecule has 3 heterocycles. The second kappa shape index (κ2) is 6.46. The number of benzene rings is 2. The number of H-pyrrole nitrogens is 1. The second-order valence-electron chi connectivity index (χ2n) is 7.28. The van der Waals surface area contributed by atoms with Crippen LogP contribution in [-0.2, 0) is 16.1 Å². The molecule has 0 bridgehead atoms. The van der Waals surface area contributed by atoms with Crippen molar-refractivity contribution < 1.29 is 9.59 Å². The van der Waals surface area contributed by atoms with Crippen molar-refractivity contribution in [3.8, 4) is 0 Å². The average Bonchev–Trinajstić information content (AvgIpc) is 3.36. The Hall–Kier alpha value is -3.64. The Bertz CT molecular complexity index is 1340. The SMILES string of the molecule is Cc1cccc2c(C3=C(c4c[nH]c5ccccc45)C(=O)NC3=O)cn(CCN)c12. The zero-order valence-corrected chi connectivity index (χ0v) is 16.0. The lowest BCUT2D eigenvalue weighted by atomic mass is 9.95. The molecule has 0 atom stereocenters. The van der Waals surface area contributed by atoms with Crippen LogP contribution in [0.5, 0.6) is 0 Å². The molecule has 0 saturated heterocycles. The van der Waals surface area contributed by atoms with Crippen molar-refractivity contribution in [2.75, 3.05) is 6.54 Å². The lowest BCUT2D eigenvalue weighted by Crippen LogP contribution is -2.22. The van der Waals surface area contributed by atoms with E-state index >= 15 is 0 Å². The number of imide groups is 1. The van der Waals surface area contributed by atoms with Crippen LogP contribution in [0.15, 0.2) is 54.9 Å². The van der Waals surface area contributed by atoms with Crippen LogP contribution in [0.1, 0.15) is 16.7 Å². The first kappa shape index (κ1) is 17.5. The number of carbonyl (C=O) groups excluding carboxylic acids is 2. The molecular weight excluding hydrogens is 364 g/mol. The number of aromatic nitrogens is 2. The van der Waals surface area contributed by atoms with Crippen LogP contribution >= 0.6 is 0 Å². The summed E-state index contributed by atoms with van der Waals surface area (Å²) in [4.78, 5) is 28.9. The molecule has 1 aliphatic rings. The van der Waals surface area contributed by atoms with Gasteiger partial charge in [0.25, 0.3) is 11.8 Å². The smallest absolute Gasteiger partial charge is 0.259 e. The van der Waals surface area contributed by atoms with Crippen LogP contribution < -0.4 is 11.1 Å². The van der Waals surface area contributed by atoms with Gasteiger partial charge in [-0.15, -0.1) is 0 Å². The molecule has 2 aromatic heterocycles. The number of fused-ring (bicyclic) bond motifs is 2. The maximum absolute atomic E-state index is 12.9. The zero-order valence-electron chi connectivity index (χ0n) is 16.0. The van der Waals surface area contributed by atoms with Gasteiger partial charge >= 0.3 is 0 Å². The lowest BCUT2D eigenvalue weighted by Gasteiger charge is -2.05. The normalized spacial score (nSPS) is 14.4. The van der Waals surface area contributed by atoms with Gasteiger partial charge in [0, 0.05) is 52.9 Å². The molecule has 0 fully saturated rings. The topological polar surface area (TPSA) is 92.9 Å². The summed E-state index contributed by atoms with van der Waals surface area (Å²) in [6.45, 7) is 3.15.